The highest BCUT2D eigenvalue weighted by molar-refractivity contribution is 6.74. The molecule has 0 aromatic heterocycles. The summed E-state index contributed by atoms with van der Waals surface area (Å²) in [6, 6.07) is 20.6. The van der Waals surface area contributed by atoms with E-state index in [1.165, 1.54) is 5.56 Å². The summed E-state index contributed by atoms with van der Waals surface area (Å²) in [6.07, 6.45) is 4.28. The van der Waals surface area contributed by atoms with Gasteiger partial charge < -0.3 is 28.1 Å². The average Bonchev–Trinajstić information content (AvgIpc) is 2.98. The Bertz CT molecular complexity index is 1260. The van der Waals surface area contributed by atoms with E-state index in [1.807, 2.05) is 30.3 Å². The van der Waals surface area contributed by atoms with Gasteiger partial charge in [-0.2, -0.15) is 0 Å². The zero-order chi connectivity index (χ0) is 32.5. The van der Waals surface area contributed by atoms with Crippen LogP contribution in [0.15, 0.2) is 73.3 Å². The van der Waals surface area contributed by atoms with Crippen LogP contribution in [0.25, 0.3) is 0 Å². The number of fused-ring (bicyclic) bond motifs is 2. The molecule has 0 radical (unpaired) electrons. The Morgan fingerprint density at radius 2 is 1.49 bits per heavy atom. The number of hydrogen-bond donors (Lipinski definition) is 0. The Hall–Kier alpha value is -1.84. The zero-order valence-corrected chi connectivity index (χ0v) is 29.8. The van der Waals surface area contributed by atoms with Crippen molar-refractivity contribution in [3.05, 3.63) is 84.4 Å². The van der Waals surface area contributed by atoms with E-state index in [-0.39, 0.29) is 35.6 Å². The third-order valence-corrected chi connectivity index (χ3v) is 15.3. The molecule has 3 saturated heterocycles. The van der Waals surface area contributed by atoms with Gasteiger partial charge in [-0.15, -0.1) is 6.58 Å². The second kappa shape index (κ2) is 13.3. The summed E-state index contributed by atoms with van der Waals surface area (Å²) < 4.78 is 40.8. The van der Waals surface area contributed by atoms with Crippen molar-refractivity contribution in [2.75, 3.05) is 6.61 Å². The number of hydrogen-bond acceptors (Lipinski definition) is 6. The van der Waals surface area contributed by atoms with E-state index in [0.29, 0.717) is 19.8 Å². The molecule has 248 valence electrons. The van der Waals surface area contributed by atoms with Gasteiger partial charge in [0, 0.05) is 25.9 Å². The molecule has 6 nitrogen and oxygen atoms in total. The molecule has 5 rings (SSSR count). The van der Waals surface area contributed by atoms with Gasteiger partial charge in [0.15, 0.2) is 8.32 Å². The van der Waals surface area contributed by atoms with Gasteiger partial charge in [-0.05, 0) is 56.5 Å². The largest absolute Gasteiger partial charge is 0.411 e. The van der Waals surface area contributed by atoms with Crippen molar-refractivity contribution in [2.24, 2.45) is 0 Å². The second-order valence-corrected chi connectivity index (χ2v) is 20.3. The molecular weight excluding hydrogens is 580 g/mol. The second-order valence-electron chi connectivity index (χ2n) is 15.6. The smallest absolute Gasteiger partial charge is 0.192 e. The first kappa shape index (κ1) is 34.5. The van der Waals surface area contributed by atoms with Crippen molar-refractivity contribution in [1.29, 1.82) is 0 Å². The molecule has 3 aliphatic rings. The summed E-state index contributed by atoms with van der Waals surface area (Å²) in [5.74, 6) is 0. The molecule has 2 aromatic carbocycles. The van der Waals surface area contributed by atoms with Gasteiger partial charge in [0.1, 0.15) is 5.60 Å². The highest BCUT2D eigenvalue weighted by Crippen LogP contribution is 2.53. The molecule has 45 heavy (non-hydrogen) atoms. The first-order chi connectivity index (χ1) is 21.2. The minimum Gasteiger partial charge on any atom is -0.411 e. The van der Waals surface area contributed by atoms with E-state index in [4.69, 9.17) is 28.1 Å². The van der Waals surface area contributed by atoms with Gasteiger partial charge in [-0.25, -0.2) is 0 Å². The van der Waals surface area contributed by atoms with Crippen molar-refractivity contribution in [3.63, 3.8) is 0 Å². The molecule has 3 fully saturated rings. The van der Waals surface area contributed by atoms with Crippen molar-refractivity contribution < 1.29 is 28.1 Å². The van der Waals surface area contributed by atoms with Gasteiger partial charge in [0.05, 0.1) is 54.9 Å². The van der Waals surface area contributed by atoms with Crippen LogP contribution in [0.1, 0.15) is 78.4 Å². The third-order valence-electron chi connectivity index (χ3n) is 10.8. The molecule has 3 heterocycles. The quantitative estimate of drug-likeness (QED) is 0.140. The third kappa shape index (κ3) is 7.67. The zero-order valence-electron chi connectivity index (χ0n) is 28.8. The maximum absolute atomic E-state index is 7.04. The van der Waals surface area contributed by atoms with Crippen LogP contribution in [0.3, 0.4) is 0 Å². The molecule has 0 bridgehead atoms. The van der Waals surface area contributed by atoms with Gasteiger partial charge in [0.2, 0.25) is 0 Å². The Morgan fingerprint density at radius 1 is 0.889 bits per heavy atom. The van der Waals surface area contributed by atoms with Crippen molar-refractivity contribution in [3.8, 4) is 0 Å². The molecular formula is C38H56O6Si. The van der Waals surface area contributed by atoms with Crippen molar-refractivity contribution in [2.45, 2.75) is 146 Å². The van der Waals surface area contributed by atoms with E-state index >= 15 is 0 Å². The van der Waals surface area contributed by atoms with Crippen LogP contribution in [-0.4, -0.2) is 62.2 Å². The van der Waals surface area contributed by atoms with Gasteiger partial charge in [0.25, 0.3) is 0 Å². The fourth-order valence-corrected chi connectivity index (χ4v) is 8.45. The van der Waals surface area contributed by atoms with Crippen LogP contribution in [0.4, 0.5) is 0 Å². The van der Waals surface area contributed by atoms with Crippen LogP contribution in [-0.2, 0) is 41.3 Å². The SMILES string of the molecule is C=C[C@@]1(C)O[C@@]2(C)C[C@@]3(C)O[C@@H](CCOCc4ccccc4)[C@H](OCc4ccccc4)C[C@@H]3O[C@@H]2C[C@@H]1O[Si](C)(C)C(C)(C)C. The lowest BCUT2D eigenvalue weighted by Crippen LogP contribution is -2.71. The molecule has 0 N–H and O–H groups in total. The van der Waals surface area contributed by atoms with Crippen molar-refractivity contribution >= 4 is 8.32 Å². The standard InChI is InChI=1S/C38H56O6Si/c1-10-36(5)34(43-45(8,9)35(2,3)4)24-33-38(7,44-36)27-37(6)32(41-33)23-31(40-26-29-19-15-12-16-20-29)30(42-37)21-22-39-25-28-17-13-11-14-18-28/h10-20,30-34H,1,21-27H2,2-9H3/t30-,31+,32-,33+,34-,36+,37+,38-/m0/s1. The molecule has 0 unspecified atom stereocenters. The predicted octanol–water partition coefficient (Wildman–Crippen LogP) is 8.40. The summed E-state index contributed by atoms with van der Waals surface area (Å²) in [5.41, 5.74) is 0.608. The summed E-state index contributed by atoms with van der Waals surface area (Å²) in [7, 11) is -2.07. The molecule has 2 aromatic rings. The summed E-state index contributed by atoms with van der Waals surface area (Å²) in [4.78, 5) is 0. The fraction of sp³-hybridized carbons (Fsp3) is 0.632. The minimum absolute atomic E-state index is 0.0855. The van der Waals surface area contributed by atoms with E-state index in [2.05, 4.69) is 97.6 Å². The highest BCUT2D eigenvalue weighted by Gasteiger charge is 2.62. The lowest BCUT2D eigenvalue weighted by Gasteiger charge is -2.62. The van der Waals surface area contributed by atoms with Crippen LogP contribution < -0.4 is 0 Å². The van der Waals surface area contributed by atoms with E-state index in [9.17, 15) is 0 Å². The molecule has 8 atom stereocenters. The van der Waals surface area contributed by atoms with Crippen LogP contribution in [0, 0.1) is 0 Å². The van der Waals surface area contributed by atoms with Crippen LogP contribution in [0.5, 0.6) is 0 Å². The summed E-state index contributed by atoms with van der Waals surface area (Å²) in [5, 5.41) is 0.0855. The number of ether oxygens (including phenoxy) is 5. The van der Waals surface area contributed by atoms with Crippen molar-refractivity contribution in [1.82, 2.24) is 0 Å². The van der Waals surface area contributed by atoms with E-state index in [1.54, 1.807) is 0 Å². The number of rotatable bonds is 11. The first-order valence-corrected chi connectivity index (χ1v) is 19.7. The van der Waals surface area contributed by atoms with Gasteiger partial charge in [-0.1, -0.05) is 87.5 Å². The molecule has 0 aliphatic carbocycles. The molecule has 0 amide bonds. The first-order valence-electron chi connectivity index (χ1n) is 16.8. The van der Waals surface area contributed by atoms with Crippen LogP contribution in [0.2, 0.25) is 18.1 Å². The lowest BCUT2D eigenvalue weighted by atomic mass is 9.71. The molecule has 0 spiro atoms. The monoisotopic (exact) mass is 636 g/mol. The minimum atomic E-state index is -2.07. The summed E-state index contributed by atoms with van der Waals surface area (Å²) >= 11 is 0. The molecule has 3 aliphatic heterocycles. The van der Waals surface area contributed by atoms with E-state index in [0.717, 1.165) is 31.2 Å². The van der Waals surface area contributed by atoms with Gasteiger partial charge in [-0.3, -0.25) is 0 Å². The highest BCUT2D eigenvalue weighted by atomic mass is 28.4. The van der Waals surface area contributed by atoms with Crippen LogP contribution >= 0.6 is 0 Å². The molecule has 0 saturated carbocycles. The number of benzene rings is 2. The Kier molecular flexibility index (Phi) is 10.2. The Morgan fingerprint density at radius 3 is 2.09 bits per heavy atom. The van der Waals surface area contributed by atoms with E-state index < -0.39 is 25.1 Å². The Balaban J connectivity index is 1.32. The average molecular weight is 637 g/mol. The Labute approximate surface area is 272 Å². The maximum Gasteiger partial charge on any atom is 0.192 e. The lowest BCUT2D eigenvalue weighted by molar-refractivity contribution is -0.350. The fourth-order valence-electron chi connectivity index (χ4n) is 7.05. The predicted molar refractivity (Wildman–Crippen MR) is 182 cm³/mol. The molecule has 7 heteroatoms. The maximum atomic E-state index is 7.04. The normalized spacial score (nSPS) is 35.3. The summed E-state index contributed by atoms with van der Waals surface area (Å²) in [6.45, 7) is 23.8. The topological polar surface area (TPSA) is 55.4 Å². The van der Waals surface area contributed by atoms with Gasteiger partial charge >= 0.3 is 0 Å².